The van der Waals surface area contributed by atoms with Crippen molar-refractivity contribution in [2.75, 3.05) is 13.6 Å². The molecule has 1 heterocycles. The number of hydrogen-bond donors (Lipinski definition) is 1. The van der Waals surface area contributed by atoms with Crippen LogP contribution < -0.4 is 5.32 Å². The first-order valence-electron chi connectivity index (χ1n) is 6.28. The van der Waals surface area contributed by atoms with Crippen LogP contribution in [0.4, 0.5) is 4.39 Å². The van der Waals surface area contributed by atoms with Crippen LogP contribution >= 0.6 is 0 Å². The highest BCUT2D eigenvalue weighted by Gasteiger charge is 2.22. The number of hydrogen-bond acceptors (Lipinski definition) is 2. The molecule has 98 valence electrons. The summed E-state index contributed by atoms with van der Waals surface area (Å²) in [7, 11) is 1.82. The average Bonchev–Trinajstić information content (AvgIpc) is 2.34. The molecular weight excluding hydrogens is 231 g/mol. The maximum absolute atomic E-state index is 13.1. The highest BCUT2D eigenvalue weighted by atomic mass is 19.1. The van der Waals surface area contributed by atoms with Gasteiger partial charge in [0.2, 0.25) is 5.91 Å². The highest BCUT2D eigenvalue weighted by Crippen LogP contribution is 2.13. The Morgan fingerprint density at radius 1 is 1.50 bits per heavy atom. The number of likely N-dealkylation sites (tertiary alicyclic amines) is 1. The molecule has 1 aromatic carbocycles. The van der Waals surface area contributed by atoms with Crippen LogP contribution in [-0.4, -0.2) is 30.4 Å². The second-order valence-corrected chi connectivity index (χ2v) is 4.96. The number of benzene rings is 1. The largest absolute Gasteiger partial charge is 0.344 e. The summed E-state index contributed by atoms with van der Waals surface area (Å²) in [6.45, 7) is 3.36. The van der Waals surface area contributed by atoms with Gasteiger partial charge in [0.05, 0.1) is 0 Å². The zero-order valence-corrected chi connectivity index (χ0v) is 10.9. The van der Waals surface area contributed by atoms with E-state index >= 15 is 0 Å². The zero-order valence-electron chi connectivity index (χ0n) is 10.9. The summed E-state index contributed by atoms with van der Waals surface area (Å²) in [4.78, 5) is 13.1. The minimum Gasteiger partial charge on any atom is -0.344 e. The summed E-state index contributed by atoms with van der Waals surface area (Å²) >= 11 is 0. The smallest absolute Gasteiger partial charge is 0.222 e. The summed E-state index contributed by atoms with van der Waals surface area (Å²) in [5.74, 6) is 0.00308. The number of amides is 1. The van der Waals surface area contributed by atoms with E-state index in [0.717, 1.165) is 24.1 Å². The number of likely N-dealkylation sites (N-methyl/N-ethyl adjacent to an activating group) is 1. The van der Waals surface area contributed by atoms with Crippen molar-refractivity contribution in [1.82, 2.24) is 10.2 Å². The zero-order chi connectivity index (χ0) is 13.1. The van der Waals surface area contributed by atoms with Crippen LogP contribution in [0.1, 0.15) is 24.0 Å². The number of aryl methyl sites for hydroxylation is 1. The molecule has 0 aromatic heterocycles. The molecule has 0 bridgehead atoms. The number of nitrogens with one attached hydrogen (secondary N) is 1. The van der Waals surface area contributed by atoms with E-state index in [4.69, 9.17) is 0 Å². The average molecular weight is 250 g/mol. The molecule has 4 heteroatoms. The third-order valence-electron chi connectivity index (χ3n) is 3.52. The molecule has 1 unspecified atom stereocenters. The van der Waals surface area contributed by atoms with Gasteiger partial charge in [0, 0.05) is 32.6 Å². The summed E-state index contributed by atoms with van der Waals surface area (Å²) in [6, 6.07) is 5.14. The fourth-order valence-electron chi connectivity index (χ4n) is 2.26. The number of carbonyl (C=O) groups excluding carboxylic acids is 1. The van der Waals surface area contributed by atoms with Crippen LogP contribution in [-0.2, 0) is 11.3 Å². The fraction of sp³-hybridized carbons (Fsp3) is 0.500. The molecule has 1 saturated heterocycles. The van der Waals surface area contributed by atoms with Gasteiger partial charge in [-0.25, -0.2) is 4.39 Å². The first kappa shape index (κ1) is 13.0. The number of piperidine rings is 1. The SMILES string of the molecule is Cc1ccc(F)cc1CNC1CCC(=O)N(C)C1. The summed E-state index contributed by atoms with van der Waals surface area (Å²) in [5.41, 5.74) is 2.07. The summed E-state index contributed by atoms with van der Waals surface area (Å²) in [6.07, 6.45) is 1.45. The Morgan fingerprint density at radius 2 is 2.28 bits per heavy atom. The lowest BCUT2D eigenvalue weighted by Gasteiger charge is -2.30. The van der Waals surface area contributed by atoms with Crippen molar-refractivity contribution in [1.29, 1.82) is 0 Å². The molecule has 0 radical (unpaired) electrons. The van der Waals surface area contributed by atoms with Crippen molar-refractivity contribution < 1.29 is 9.18 Å². The number of nitrogens with zero attached hydrogens (tertiary/aromatic N) is 1. The first-order chi connectivity index (χ1) is 8.56. The normalized spacial score (nSPS) is 20.3. The van der Waals surface area contributed by atoms with Crippen LogP contribution in [0.3, 0.4) is 0 Å². The van der Waals surface area contributed by atoms with Crippen molar-refractivity contribution in [3.63, 3.8) is 0 Å². The first-order valence-corrected chi connectivity index (χ1v) is 6.28. The Hall–Kier alpha value is -1.42. The van der Waals surface area contributed by atoms with Gasteiger partial charge in [-0.2, -0.15) is 0 Å². The molecule has 1 N–H and O–H groups in total. The van der Waals surface area contributed by atoms with Crippen molar-refractivity contribution in [3.8, 4) is 0 Å². The Morgan fingerprint density at radius 3 is 3.00 bits per heavy atom. The lowest BCUT2D eigenvalue weighted by molar-refractivity contribution is -0.132. The van der Waals surface area contributed by atoms with E-state index in [9.17, 15) is 9.18 Å². The lowest BCUT2D eigenvalue weighted by Crippen LogP contribution is -2.46. The van der Waals surface area contributed by atoms with Gasteiger partial charge in [-0.15, -0.1) is 0 Å². The molecule has 0 saturated carbocycles. The molecule has 0 spiro atoms. The van der Waals surface area contributed by atoms with Crippen LogP contribution in [0.15, 0.2) is 18.2 Å². The molecule has 3 nitrogen and oxygen atoms in total. The number of halogens is 1. The monoisotopic (exact) mass is 250 g/mol. The van der Waals surface area contributed by atoms with Crippen LogP contribution in [0.25, 0.3) is 0 Å². The van der Waals surface area contributed by atoms with Crippen LogP contribution in [0.2, 0.25) is 0 Å². The maximum Gasteiger partial charge on any atom is 0.222 e. The molecule has 1 aliphatic heterocycles. The van der Waals surface area contributed by atoms with Gasteiger partial charge in [-0.1, -0.05) is 6.07 Å². The van der Waals surface area contributed by atoms with Gasteiger partial charge < -0.3 is 10.2 Å². The molecule has 1 aromatic rings. The second kappa shape index (κ2) is 5.48. The van der Waals surface area contributed by atoms with Gasteiger partial charge in [0.1, 0.15) is 5.82 Å². The van der Waals surface area contributed by atoms with E-state index in [1.54, 1.807) is 17.0 Å². The van der Waals surface area contributed by atoms with E-state index in [1.165, 1.54) is 6.07 Å². The molecule has 1 amide bonds. The van der Waals surface area contributed by atoms with Gasteiger partial charge in [0.25, 0.3) is 0 Å². The minimum absolute atomic E-state index is 0.201. The van der Waals surface area contributed by atoms with Crippen molar-refractivity contribution in [2.45, 2.75) is 32.4 Å². The van der Waals surface area contributed by atoms with E-state index in [0.29, 0.717) is 19.0 Å². The standard InChI is InChI=1S/C14H19FN2O/c1-10-3-4-12(15)7-11(10)8-16-13-5-6-14(18)17(2)9-13/h3-4,7,13,16H,5-6,8-9H2,1-2H3. The molecule has 1 aliphatic rings. The highest BCUT2D eigenvalue weighted by molar-refractivity contribution is 5.76. The predicted octanol–water partition coefficient (Wildman–Crippen LogP) is 1.84. The predicted molar refractivity (Wildman–Crippen MR) is 68.6 cm³/mol. The Kier molecular flexibility index (Phi) is 3.97. The van der Waals surface area contributed by atoms with E-state index in [2.05, 4.69) is 5.32 Å². The van der Waals surface area contributed by atoms with Crippen LogP contribution in [0.5, 0.6) is 0 Å². The van der Waals surface area contributed by atoms with Gasteiger partial charge in [-0.3, -0.25) is 4.79 Å². The number of carbonyl (C=O) groups is 1. The summed E-state index contributed by atoms with van der Waals surface area (Å²) < 4.78 is 13.1. The third-order valence-corrected chi connectivity index (χ3v) is 3.52. The molecule has 1 atom stereocenters. The lowest BCUT2D eigenvalue weighted by atomic mass is 10.0. The van der Waals surface area contributed by atoms with Crippen molar-refractivity contribution >= 4 is 5.91 Å². The van der Waals surface area contributed by atoms with Crippen LogP contribution in [0, 0.1) is 12.7 Å². The Bertz CT molecular complexity index is 447. The fourth-order valence-corrected chi connectivity index (χ4v) is 2.26. The van der Waals surface area contributed by atoms with Gasteiger partial charge in [0.15, 0.2) is 0 Å². The van der Waals surface area contributed by atoms with Crippen molar-refractivity contribution in [3.05, 3.63) is 35.1 Å². The molecule has 18 heavy (non-hydrogen) atoms. The topological polar surface area (TPSA) is 32.3 Å². The quantitative estimate of drug-likeness (QED) is 0.888. The number of rotatable bonds is 3. The Labute approximate surface area is 107 Å². The Balaban J connectivity index is 1.91. The maximum atomic E-state index is 13.1. The second-order valence-electron chi connectivity index (χ2n) is 4.96. The summed E-state index contributed by atoms with van der Waals surface area (Å²) in [5, 5.41) is 3.40. The van der Waals surface area contributed by atoms with Crippen molar-refractivity contribution in [2.24, 2.45) is 0 Å². The minimum atomic E-state index is -0.201. The molecule has 2 rings (SSSR count). The molecular formula is C14H19FN2O. The van der Waals surface area contributed by atoms with Gasteiger partial charge in [-0.05, 0) is 36.6 Å². The molecule has 0 aliphatic carbocycles. The third kappa shape index (κ3) is 3.07. The van der Waals surface area contributed by atoms with E-state index in [1.807, 2.05) is 14.0 Å². The molecule has 1 fully saturated rings. The van der Waals surface area contributed by atoms with E-state index < -0.39 is 0 Å². The van der Waals surface area contributed by atoms with E-state index in [-0.39, 0.29) is 11.7 Å². The van der Waals surface area contributed by atoms with Gasteiger partial charge >= 0.3 is 0 Å².